The van der Waals surface area contributed by atoms with Gasteiger partial charge in [0.2, 0.25) is 5.91 Å². The number of benzene rings is 2. The molecule has 0 spiro atoms. The van der Waals surface area contributed by atoms with Gasteiger partial charge in [-0.05, 0) is 55.8 Å². The number of thiophene rings is 1. The second-order valence-electron chi connectivity index (χ2n) is 9.25. The van der Waals surface area contributed by atoms with Gasteiger partial charge in [0, 0.05) is 25.6 Å². The van der Waals surface area contributed by atoms with Crippen LogP contribution in [0.2, 0.25) is 0 Å². The minimum Gasteiger partial charge on any atom is -0.351 e. The van der Waals surface area contributed by atoms with Crippen LogP contribution < -0.4 is 5.32 Å². The summed E-state index contributed by atoms with van der Waals surface area (Å²) in [6.07, 6.45) is 3.63. The van der Waals surface area contributed by atoms with Gasteiger partial charge in [0.1, 0.15) is 12.4 Å². The number of aryl methyl sites for hydroxylation is 1. The number of unbranched alkanes of at least 4 members (excludes halogenated alkanes) is 2. The number of nitrogens with zero attached hydrogens (tertiary/aromatic N) is 3. The van der Waals surface area contributed by atoms with E-state index in [4.69, 9.17) is 4.98 Å². The van der Waals surface area contributed by atoms with Crippen molar-refractivity contribution < 1.29 is 9.59 Å². The topological polar surface area (TPSA) is 67.2 Å². The first-order chi connectivity index (χ1) is 17.5. The Bertz CT molecular complexity index is 1270. The van der Waals surface area contributed by atoms with Crippen molar-refractivity contribution in [1.29, 1.82) is 0 Å². The smallest absolute Gasteiger partial charge is 0.261 e. The van der Waals surface area contributed by atoms with Crippen LogP contribution in [0.25, 0.3) is 11.0 Å². The largest absolute Gasteiger partial charge is 0.351 e. The minimum atomic E-state index is -0.00415. The third-order valence-electron chi connectivity index (χ3n) is 6.27. The summed E-state index contributed by atoms with van der Waals surface area (Å²) in [4.78, 5) is 33.1. The molecule has 0 bridgehead atoms. The van der Waals surface area contributed by atoms with Crippen molar-refractivity contribution in [3.05, 3.63) is 88.4 Å². The lowest BCUT2D eigenvalue weighted by Crippen LogP contribution is -2.38. The molecule has 2 aromatic carbocycles. The van der Waals surface area contributed by atoms with E-state index in [0.29, 0.717) is 13.1 Å². The van der Waals surface area contributed by atoms with E-state index in [9.17, 15) is 9.59 Å². The fourth-order valence-electron chi connectivity index (χ4n) is 4.34. The van der Waals surface area contributed by atoms with Crippen LogP contribution in [-0.4, -0.2) is 38.9 Å². The van der Waals surface area contributed by atoms with Crippen molar-refractivity contribution in [2.24, 2.45) is 0 Å². The van der Waals surface area contributed by atoms with E-state index in [1.54, 1.807) is 0 Å². The molecule has 6 nitrogen and oxygen atoms in total. The highest BCUT2D eigenvalue weighted by atomic mass is 32.1. The first-order valence-corrected chi connectivity index (χ1v) is 13.5. The van der Waals surface area contributed by atoms with Crippen LogP contribution in [0.4, 0.5) is 0 Å². The predicted molar refractivity (Wildman–Crippen MR) is 146 cm³/mol. The molecule has 2 heterocycles. The zero-order chi connectivity index (χ0) is 25.3. The second kappa shape index (κ2) is 12.5. The summed E-state index contributed by atoms with van der Waals surface area (Å²) in [6, 6.07) is 22.0. The second-order valence-corrected chi connectivity index (χ2v) is 10.2. The summed E-state index contributed by atoms with van der Waals surface area (Å²) < 4.78 is 2.08. The summed E-state index contributed by atoms with van der Waals surface area (Å²) in [5.41, 5.74) is 3.04. The van der Waals surface area contributed by atoms with Crippen molar-refractivity contribution in [2.75, 3.05) is 6.54 Å². The van der Waals surface area contributed by atoms with Crippen LogP contribution in [0.3, 0.4) is 0 Å². The molecule has 0 saturated heterocycles. The fourth-order valence-corrected chi connectivity index (χ4v) is 4.98. The Labute approximate surface area is 217 Å². The van der Waals surface area contributed by atoms with E-state index in [2.05, 4.69) is 35.9 Å². The number of hydrogen-bond acceptors (Lipinski definition) is 4. The number of imidazole rings is 1. The van der Waals surface area contributed by atoms with E-state index in [1.165, 1.54) is 11.3 Å². The Morgan fingerprint density at radius 2 is 1.75 bits per heavy atom. The Balaban J connectivity index is 1.37. The highest BCUT2D eigenvalue weighted by Crippen LogP contribution is 2.19. The third kappa shape index (κ3) is 6.61. The standard InChI is InChI=1S/C29H34N4O2S/c1-22(2)32(20-23-12-5-3-6-13-23)28(34)21-33-25-15-9-8-14-24(25)31-27(33)17-7-4-10-18-30-29(35)26-16-11-19-36-26/h3,5-6,8-9,11-16,19,22H,4,7,10,17-18,20-21H2,1-2H3,(H,30,35). The molecular weight excluding hydrogens is 468 g/mol. The number of nitrogens with one attached hydrogen (secondary N) is 1. The molecule has 4 aromatic rings. The molecule has 0 atom stereocenters. The van der Waals surface area contributed by atoms with E-state index in [1.807, 2.05) is 64.9 Å². The van der Waals surface area contributed by atoms with Crippen LogP contribution in [-0.2, 0) is 24.3 Å². The SMILES string of the molecule is CC(C)N(Cc1ccccc1)C(=O)Cn1c(CCCCCNC(=O)c2cccs2)nc2ccccc21. The molecule has 0 saturated carbocycles. The molecule has 2 aromatic heterocycles. The molecule has 0 aliphatic heterocycles. The molecule has 36 heavy (non-hydrogen) atoms. The van der Waals surface area contributed by atoms with Crippen LogP contribution >= 0.6 is 11.3 Å². The zero-order valence-corrected chi connectivity index (χ0v) is 21.8. The molecule has 7 heteroatoms. The maximum Gasteiger partial charge on any atom is 0.261 e. The molecule has 0 aliphatic carbocycles. The van der Waals surface area contributed by atoms with Crippen molar-refractivity contribution in [3.63, 3.8) is 0 Å². The molecule has 0 fully saturated rings. The van der Waals surface area contributed by atoms with Crippen LogP contribution in [0, 0.1) is 0 Å². The summed E-state index contributed by atoms with van der Waals surface area (Å²) in [7, 11) is 0. The van der Waals surface area contributed by atoms with Crippen LogP contribution in [0.15, 0.2) is 72.1 Å². The van der Waals surface area contributed by atoms with Crippen molar-refractivity contribution >= 4 is 34.2 Å². The van der Waals surface area contributed by atoms with E-state index < -0.39 is 0 Å². The van der Waals surface area contributed by atoms with E-state index >= 15 is 0 Å². The van der Waals surface area contributed by atoms with Gasteiger partial charge in [0.05, 0.1) is 15.9 Å². The maximum absolute atomic E-state index is 13.5. The van der Waals surface area contributed by atoms with Gasteiger partial charge in [-0.2, -0.15) is 0 Å². The molecule has 188 valence electrons. The average Bonchev–Trinajstić information content (AvgIpc) is 3.54. The Hall–Kier alpha value is -3.45. The highest BCUT2D eigenvalue weighted by Gasteiger charge is 2.20. The summed E-state index contributed by atoms with van der Waals surface area (Å²) >= 11 is 1.45. The monoisotopic (exact) mass is 502 g/mol. The van der Waals surface area contributed by atoms with Gasteiger partial charge in [-0.15, -0.1) is 11.3 Å². The molecule has 4 rings (SSSR count). The number of amides is 2. The predicted octanol–water partition coefficient (Wildman–Crippen LogP) is 5.68. The number of hydrogen-bond donors (Lipinski definition) is 1. The van der Waals surface area contributed by atoms with Gasteiger partial charge in [-0.25, -0.2) is 4.98 Å². The highest BCUT2D eigenvalue weighted by molar-refractivity contribution is 7.12. The first kappa shape index (κ1) is 25.6. The number of fused-ring (bicyclic) bond motifs is 1. The Morgan fingerprint density at radius 1 is 0.972 bits per heavy atom. The van der Waals surface area contributed by atoms with E-state index in [-0.39, 0.29) is 24.4 Å². The normalized spacial score (nSPS) is 11.2. The summed E-state index contributed by atoms with van der Waals surface area (Å²) in [5.74, 6) is 1.03. The number of aromatic nitrogens is 2. The van der Waals surface area contributed by atoms with Gasteiger partial charge >= 0.3 is 0 Å². The van der Waals surface area contributed by atoms with Gasteiger partial charge in [-0.1, -0.05) is 55.0 Å². The maximum atomic E-state index is 13.5. The van der Waals surface area contributed by atoms with Crippen molar-refractivity contribution in [2.45, 2.75) is 58.7 Å². The van der Waals surface area contributed by atoms with Crippen LogP contribution in [0.1, 0.15) is 54.2 Å². The lowest BCUT2D eigenvalue weighted by atomic mass is 10.1. The minimum absolute atomic E-state index is 0.00415. The van der Waals surface area contributed by atoms with Crippen molar-refractivity contribution in [3.8, 4) is 0 Å². The van der Waals surface area contributed by atoms with Gasteiger partial charge < -0.3 is 14.8 Å². The van der Waals surface area contributed by atoms with Crippen LogP contribution in [0.5, 0.6) is 0 Å². The Kier molecular flexibility index (Phi) is 8.90. The Morgan fingerprint density at radius 3 is 2.50 bits per heavy atom. The number of carbonyl (C=O) groups is 2. The number of rotatable bonds is 12. The quantitative estimate of drug-likeness (QED) is 0.254. The fraction of sp³-hybridized carbons (Fsp3) is 0.345. The molecule has 0 unspecified atom stereocenters. The lowest BCUT2D eigenvalue weighted by Gasteiger charge is -2.27. The summed E-state index contributed by atoms with van der Waals surface area (Å²) in [6.45, 7) is 5.65. The van der Waals surface area contributed by atoms with Gasteiger partial charge in [-0.3, -0.25) is 9.59 Å². The molecule has 2 amide bonds. The molecule has 0 aliphatic rings. The summed E-state index contributed by atoms with van der Waals surface area (Å²) in [5, 5.41) is 4.90. The first-order valence-electron chi connectivity index (χ1n) is 12.6. The average molecular weight is 503 g/mol. The molecule has 1 N–H and O–H groups in total. The number of carbonyl (C=O) groups excluding carboxylic acids is 2. The van der Waals surface area contributed by atoms with Gasteiger partial charge in [0.15, 0.2) is 0 Å². The zero-order valence-electron chi connectivity index (χ0n) is 21.0. The number of para-hydroxylation sites is 2. The van der Waals surface area contributed by atoms with E-state index in [0.717, 1.165) is 53.0 Å². The molecule has 0 radical (unpaired) electrons. The van der Waals surface area contributed by atoms with Gasteiger partial charge in [0.25, 0.3) is 5.91 Å². The molecular formula is C29H34N4O2S. The third-order valence-corrected chi connectivity index (χ3v) is 7.14. The van der Waals surface area contributed by atoms with Crippen molar-refractivity contribution in [1.82, 2.24) is 19.8 Å². The lowest BCUT2D eigenvalue weighted by molar-refractivity contribution is -0.134.